The van der Waals surface area contributed by atoms with E-state index in [-0.39, 0.29) is 28.0 Å². The second-order valence-electron chi connectivity index (χ2n) is 7.58. The van der Waals surface area contributed by atoms with Gasteiger partial charge in [-0.05, 0) is 28.8 Å². The Kier molecular flexibility index (Phi) is 5.27. The van der Waals surface area contributed by atoms with Crippen molar-refractivity contribution in [3.8, 4) is 11.5 Å². The lowest BCUT2D eigenvalue weighted by Crippen LogP contribution is -2.60. The van der Waals surface area contributed by atoms with E-state index in [4.69, 9.17) is 4.74 Å². The molecule has 0 spiro atoms. The van der Waals surface area contributed by atoms with Crippen LogP contribution in [0, 0.1) is 0 Å². The molecule has 2 aromatic rings. The number of benzene rings is 2. The third kappa shape index (κ3) is 2.99. The van der Waals surface area contributed by atoms with Crippen LogP contribution in [0.1, 0.15) is 38.5 Å². The van der Waals surface area contributed by atoms with Crippen molar-refractivity contribution in [1.82, 2.24) is 0 Å². The van der Waals surface area contributed by atoms with Gasteiger partial charge in [-0.15, -0.1) is 0 Å². The van der Waals surface area contributed by atoms with E-state index < -0.39 is 61.2 Å². The van der Waals surface area contributed by atoms with Crippen LogP contribution in [0.2, 0.25) is 0 Å². The summed E-state index contributed by atoms with van der Waals surface area (Å²) in [6.07, 6.45) is -7.22. The van der Waals surface area contributed by atoms with Crippen LogP contribution < -0.4 is 0 Å². The van der Waals surface area contributed by atoms with E-state index in [0.29, 0.717) is 5.56 Å². The van der Waals surface area contributed by atoms with E-state index in [1.165, 1.54) is 24.3 Å². The molecule has 1 aliphatic heterocycles. The molecule has 0 saturated carbocycles. The van der Waals surface area contributed by atoms with E-state index >= 15 is 0 Å². The number of carbonyl (C=O) groups excluding carboxylic acids is 1. The van der Waals surface area contributed by atoms with Gasteiger partial charge in [-0.1, -0.05) is 18.2 Å². The number of fused-ring (bicyclic) bond motifs is 2. The van der Waals surface area contributed by atoms with Crippen molar-refractivity contribution in [3.05, 3.63) is 58.1 Å². The maximum Gasteiger partial charge on any atom is 0.201 e. The lowest BCUT2D eigenvalue weighted by Gasteiger charge is -2.45. The van der Waals surface area contributed by atoms with Gasteiger partial charge in [0.25, 0.3) is 0 Å². The number of carbonyl (C=O) groups is 1. The largest absolute Gasteiger partial charge is 0.507 e. The number of aromatic hydroxyl groups is 2. The lowest BCUT2D eigenvalue weighted by atomic mass is 9.71. The average Bonchev–Trinajstić information content (AvgIpc) is 2.73. The minimum atomic E-state index is -1.64. The first-order valence-corrected chi connectivity index (χ1v) is 9.43. The molecule has 9 heteroatoms. The number of rotatable bonds is 3. The van der Waals surface area contributed by atoms with E-state index in [0.717, 1.165) is 0 Å². The van der Waals surface area contributed by atoms with Crippen LogP contribution in [0.3, 0.4) is 0 Å². The SMILES string of the molecule is O=C1c2c(O)cccc2[C@H](C2O[C@H](CO)[C@@H](O)[C@H](O)[C@H]2O)c2cc(CO)cc(O)c21. The van der Waals surface area contributed by atoms with Gasteiger partial charge in [0.15, 0.2) is 0 Å². The van der Waals surface area contributed by atoms with E-state index in [1.54, 1.807) is 6.07 Å². The Hall–Kier alpha value is -2.53. The highest BCUT2D eigenvalue weighted by Gasteiger charge is 2.50. The minimum Gasteiger partial charge on any atom is -0.507 e. The topological polar surface area (TPSA) is 168 Å². The van der Waals surface area contributed by atoms with Gasteiger partial charge in [-0.3, -0.25) is 4.79 Å². The van der Waals surface area contributed by atoms with Crippen molar-refractivity contribution in [2.45, 2.75) is 43.0 Å². The van der Waals surface area contributed by atoms with Crippen LogP contribution in [0.25, 0.3) is 0 Å². The van der Waals surface area contributed by atoms with Crippen LogP contribution in [0.5, 0.6) is 11.5 Å². The van der Waals surface area contributed by atoms with E-state index in [2.05, 4.69) is 0 Å². The molecular weight excluding hydrogens is 396 g/mol. The molecule has 1 saturated heterocycles. The molecule has 1 fully saturated rings. The van der Waals surface area contributed by atoms with Crippen molar-refractivity contribution in [2.24, 2.45) is 0 Å². The van der Waals surface area contributed by atoms with Crippen LogP contribution in [-0.4, -0.2) is 78.7 Å². The lowest BCUT2D eigenvalue weighted by molar-refractivity contribution is -0.232. The summed E-state index contributed by atoms with van der Waals surface area (Å²) in [5.74, 6) is -2.34. The van der Waals surface area contributed by atoms with Gasteiger partial charge in [0.2, 0.25) is 5.78 Å². The molecule has 1 unspecified atom stereocenters. The van der Waals surface area contributed by atoms with Crippen molar-refractivity contribution in [2.75, 3.05) is 6.61 Å². The highest BCUT2D eigenvalue weighted by molar-refractivity contribution is 6.16. The molecule has 9 nitrogen and oxygen atoms in total. The molecule has 2 aliphatic rings. The Morgan fingerprint density at radius 1 is 0.867 bits per heavy atom. The molecule has 1 aliphatic carbocycles. The third-order valence-corrected chi connectivity index (χ3v) is 5.85. The molecule has 0 radical (unpaired) electrons. The van der Waals surface area contributed by atoms with Gasteiger partial charge in [-0.25, -0.2) is 0 Å². The Bertz CT molecular complexity index is 987. The molecule has 160 valence electrons. The molecule has 4 rings (SSSR count). The molecular formula is C21H22O9. The molecule has 2 aromatic carbocycles. The quantitative estimate of drug-likeness (QED) is 0.334. The smallest absolute Gasteiger partial charge is 0.201 e. The normalized spacial score (nSPS) is 30.6. The Labute approximate surface area is 171 Å². The second kappa shape index (κ2) is 7.62. The molecule has 0 amide bonds. The summed E-state index contributed by atoms with van der Waals surface area (Å²) in [7, 11) is 0. The zero-order chi connectivity index (χ0) is 21.7. The third-order valence-electron chi connectivity index (χ3n) is 5.85. The van der Waals surface area contributed by atoms with E-state index in [9.17, 15) is 40.5 Å². The first kappa shape index (κ1) is 20.7. The van der Waals surface area contributed by atoms with Gasteiger partial charge >= 0.3 is 0 Å². The van der Waals surface area contributed by atoms with Gasteiger partial charge in [0, 0.05) is 5.92 Å². The van der Waals surface area contributed by atoms with Crippen LogP contribution >= 0.6 is 0 Å². The summed E-state index contributed by atoms with van der Waals surface area (Å²) in [6.45, 7) is -1.06. The van der Waals surface area contributed by atoms with Gasteiger partial charge in [0.05, 0.1) is 30.4 Å². The van der Waals surface area contributed by atoms with Crippen LogP contribution in [0.4, 0.5) is 0 Å². The fourth-order valence-corrected chi connectivity index (χ4v) is 4.41. The maximum atomic E-state index is 13.1. The number of aliphatic hydroxyl groups excluding tert-OH is 5. The number of hydrogen-bond acceptors (Lipinski definition) is 9. The van der Waals surface area contributed by atoms with Gasteiger partial charge < -0.3 is 40.5 Å². The average molecular weight is 418 g/mol. The number of phenolic OH excluding ortho intramolecular Hbond substituents is 2. The molecule has 7 N–H and O–H groups in total. The first-order valence-electron chi connectivity index (χ1n) is 9.43. The Morgan fingerprint density at radius 2 is 1.57 bits per heavy atom. The Morgan fingerprint density at radius 3 is 2.23 bits per heavy atom. The fraction of sp³-hybridized carbons (Fsp3) is 0.381. The number of hydrogen-bond donors (Lipinski definition) is 7. The van der Waals surface area contributed by atoms with E-state index in [1.807, 2.05) is 0 Å². The summed E-state index contributed by atoms with van der Waals surface area (Å²) < 4.78 is 5.73. The highest BCUT2D eigenvalue weighted by atomic mass is 16.5. The van der Waals surface area contributed by atoms with Crippen LogP contribution in [0.15, 0.2) is 30.3 Å². The molecule has 1 heterocycles. The number of aliphatic hydroxyl groups is 5. The van der Waals surface area contributed by atoms with Crippen molar-refractivity contribution in [3.63, 3.8) is 0 Å². The second-order valence-corrected chi connectivity index (χ2v) is 7.58. The number of ether oxygens (including phenoxy) is 1. The maximum absolute atomic E-state index is 13.1. The summed E-state index contributed by atoms with van der Waals surface area (Å²) >= 11 is 0. The monoisotopic (exact) mass is 418 g/mol. The fourth-order valence-electron chi connectivity index (χ4n) is 4.41. The molecule has 6 atom stereocenters. The summed E-state index contributed by atoms with van der Waals surface area (Å²) in [4.78, 5) is 13.1. The minimum absolute atomic E-state index is 0.0843. The van der Waals surface area contributed by atoms with Crippen molar-refractivity contribution >= 4 is 5.78 Å². The standard InChI is InChI=1S/C21H22O9/c22-6-8-4-10-14(21-20(29)19(28)17(26)13(7-23)30-21)9-2-1-3-11(24)15(9)18(27)16(10)12(25)5-8/h1-5,13-14,17,19-26,28-29H,6-7H2/t13-,14+,17-,19+,20-,21?/m1/s1. The Balaban J connectivity index is 1.96. The van der Waals surface area contributed by atoms with Crippen molar-refractivity contribution < 1.29 is 45.3 Å². The molecule has 0 aromatic heterocycles. The summed E-state index contributed by atoms with van der Waals surface area (Å²) in [6, 6.07) is 7.06. The predicted molar refractivity (Wildman–Crippen MR) is 101 cm³/mol. The number of phenols is 2. The van der Waals surface area contributed by atoms with Gasteiger partial charge in [0.1, 0.15) is 35.9 Å². The zero-order valence-corrected chi connectivity index (χ0v) is 15.7. The van der Waals surface area contributed by atoms with Gasteiger partial charge in [-0.2, -0.15) is 0 Å². The zero-order valence-electron chi connectivity index (χ0n) is 15.7. The first-order chi connectivity index (χ1) is 14.3. The summed E-state index contributed by atoms with van der Waals surface area (Å²) in [5.41, 5.74) is 0.609. The molecule has 0 bridgehead atoms. The van der Waals surface area contributed by atoms with Crippen LogP contribution in [-0.2, 0) is 11.3 Å². The molecule has 30 heavy (non-hydrogen) atoms. The number of ketones is 1. The van der Waals surface area contributed by atoms with Crippen molar-refractivity contribution in [1.29, 1.82) is 0 Å². The highest BCUT2D eigenvalue weighted by Crippen LogP contribution is 2.47. The predicted octanol–water partition coefficient (Wildman–Crippen LogP) is -0.891. The summed E-state index contributed by atoms with van der Waals surface area (Å²) in [5, 5.41) is 71.0.